The summed E-state index contributed by atoms with van der Waals surface area (Å²) >= 11 is 6.52. The Bertz CT molecular complexity index is 550. The SMILES string of the molecule is O=S(=O)(NC1(CO)CCC1)c1ccc(Br)cc1Br. The minimum atomic E-state index is -3.62. The maximum Gasteiger partial charge on any atom is 0.242 e. The summed E-state index contributed by atoms with van der Waals surface area (Å²) in [5.74, 6) is 0. The van der Waals surface area contributed by atoms with Gasteiger partial charge >= 0.3 is 0 Å². The van der Waals surface area contributed by atoms with Crippen LogP contribution in [0.3, 0.4) is 0 Å². The molecule has 0 saturated heterocycles. The molecule has 0 unspecified atom stereocenters. The number of aliphatic hydroxyl groups excluding tert-OH is 1. The second-order valence-electron chi connectivity index (χ2n) is 4.47. The first kappa shape index (κ1) is 14.5. The Morgan fingerprint density at radius 1 is 1.33 bits per heavy atom. The van der Waals surface area contributed by atoms with Crippen LogP contribution in [0.4, 0.5) is 0 Å². The molecule has 1 fully saturated rings. The molecule has 2 rings (SSSR count). The molecule has 1 saturated carbocycles. The standard InChI is InChI=1S/C11H13Br2NO3S/c12-8-2-3-10(9(13)6-8)18(16,17)14-11(7-15)4-1-5-11/h2-3,6,14-15H,1,4-5,7H2. The molecular weight excluding hydrogens is 386 g/mol. The van der Waals surface area contributed by atoms with Gasteiger partial charge in [-0.3, -0.25) is 0 Å². The van der Waals surface area contributed by atoms with E-state index >= 15 is 0 Å². The normalized spacial score (nSPS) is 18.4. The van der Waals surface area contributed by atoms with Crippen LogP contribution in [0, 0.1) is 0 Å². The first-order valence-corrected chi connectivity index (χ1v) is 8.55. The molecule has 0 aromatic heterocycles. The average molecular weight is 399 g/mol. The highest BCUT2D eigenvalue weighted by Crippen LogP contribution is 2.34. The molecule has 0 spiro atoms. The van der Waals surface area contributed by atoms with Crippen LogP contribution in [0.1, 0.15) is 19.3 Å². The third-order valence-corrected chi connectivity index (χ3v) is 6.20. The van der Waals surface area contributed by atoms with Crippen LogP contribution in [0.25, 0.3) is 0 Å². The molecule has 18 heavy (non-hydrogen) atoms. The summed E-state index contributed by atoms with van der Waals surface area (Å²) < 4.78 is 28.4. The van der Waals surface area contributed by atoms with Gasteiger partial charge in [0.05, 0.1) is 17.0 Å². The summed E-state index contributed by atoms with van der Waals surface area (Å²) in [6, 6.07) is 4.88. The molecular formula is C11H13Br2NO3S. The quantitative estimate of drug-likeness (QED) is 0.818. The van der Waals surface area contributed by atoms with E-state index in [1.54, 1.807) is 12.1 Å². The van der Waals surface area contributed by atoms with Gasteiger partial charge in [0.25, 0.3) is 0 Å². The predicted octanol–water partition coefficient (Wildman–Crippen LogP) is 2.40. The first-order valence-electron chi connectivity index (χ1n) is 5.48. The largest absolute Gasteiger partial charge is 0.394 e. The molecule has 1 aromatic carbocycles. The smallest absolute Gasteiger partial charge is 0.242 e. The highest BCUT2D eigenvalue weighted by molar-refractivity contribution is 9.11. The molecule has 1 aliphatic rings. The molecule has 7 heteroatoms. The number of rotatable bonds is 4. The lowest BCUT2D eigenvalue weighted by molar-refractivity contribution is 0.110. The fourth-order valence-corrected chi connectivity index (χ4v) is 5.13. The van der Waals surface area contributed by atoms with Gasteiger partial charge in [0, 0.05) is 8.95 Å². The number of sulfonamides is 1. The van der Waals surface area contributed by atoms with Crippen LogP contribution in [0.5, 0.6) is 0 Å². The van der Waals surface area contributed by atoms with Crippen LogP contribution >= 0.6 is 31.9 Å². The molecule has 4 nitrogen and oxygen atoms in total. The van der Waals surface area contributed by atoms with E-state index < -0.39 is 15.6 Å². The van der Waals surface area contributed by atoms with Crippen molar-refractivity contribution in [2.45, 2.75) is 29.7 Å². The molecule has 0 bridgehead atoms. The Labute approximate surface area is 123 Å². The maximum atomic E-state index is 12.3. The summed E-state index contributed by atoms with van der Waals surface area (Å²) in [5.41, 5.74) is -0.675. The highest BCUT2D eigenvalue weighted by Gasteiger charge is 2.40. The molecule has 100 valence electrons. The van der Waals surface area contributed by atoms with Crippen molar-refractivity contribution in [3.05, 3.63) is 27.1 Å². The molecule has 0 radical (unpaired) electrons. The zero-order chi connectivity index (χ0) is 13.4. The first-order chi connectivity index (χ1) is 8.38. The molecule has 0 aliphatic heterocycles. The number of hydrogen-bond acceptors (Lipinski definition) is 3. The van der Waals surface area contributed by atoms with Gasteiger partial charge in [-0.1, -0.05) is 15.9 Å². The summed E-state index contributed by atoms with van der Waals surface area (Å²) in [6.07, 6.45) is 2.29. The van der Waals surface area contributed by atoms with Crippen LogP contribution in [-0.2, 0) is 10.0 Å². The third kappa shape index (κ3) is 2.80. The van der Waals surface area contributed by atoms with Crippen molar-refractivity contribution in [1.82, 2.24) is 4.72 Å². The van der Waals surface area contributed by atoms with Crippen LogP contribution in [0.2, 0.25) is 0 Å². The van der Waals surface area contributed by atoms with Gasteiger partial charge in [0.1, 0.15) is 0 Å². The zero-order valence-electron chi connectivity index (χ0n) is 9.49. The second kappa shape index (κ2) is 5.20. The number of benzene rings is 1. The fraction of sp³-hybridized carbons (Fsp3) is 0.455. The van der Waals surface area contributed by atoms with E-state index in [0.29, 0.717) is 17.3 Å². The Balaban J connectivity index is 2.31. The van der Waals surface area contributed by atoms with Crippen molar-refractivity contribution in [2.75, 3.05) is 6.61 Å². The van der Waals surface area contributed by atoms with Crippen LogP contribution in [-0.4, -0.2) is 25.7 Å². The van der Waals surface area contributed by atoms with E-state index in [0.717, 1.165) is 10.9 Å². The lowest BCUT2D eigenvalue weighted by Crippen LogP contribution is -2.55. The van der Waals surface area contributed by atoms with Crippen molar-refractivity contribution in [3.8, 4) is 0 Å². The number of halogens is 2. The molecule has 0 atom stereocenters. The second-order valence-corrected chi connectivity index (χ2v) is 7.89. The minimum Gasteiger partial charge on any atom is -0.394 e. The zero-order valence-corrected chi connectivity index (χ0v) is 13.5. The van der Waals surface area contributed by atoms with Gasteiger partial charge in [-0.2, -0.15) is 0 Å². The van der Waals surface area contributed by atoms with Crippen molar-refractivity contribution in [1.29, 1.82) is 0 Å². The highest BCUT2D eigenvalue weighted by atomic mass is 79.9. The number of hydrogen-bond donors (Lipinski definition) is 2. The monoisotopic (exact) mass is 397 g/mol. The number of aliphatic hydroxyl groups is 1. The van der Waals surface area contributed by atoms with Crippen LogP contribution < -0.4 is 4.72 Å². The summed E-state index contributed by atoms with van der Waals surface area (Å²) in [4.78, 5) is 0.186. The molecule has 1 aromatic rings. The van der Waals surface area contributed by atoms with E-state index in [2.05, 4.69) is 36.6 Å². The molecule has 2 N–H and O–H groups in total. The van der Waals surface area contributed by atoms with Crippen molar-refractivity contribution < 1.29 is 13.5 Å². The fourth-order valence-electron chi connectivity index (χ4n) is 1.93. The lowest BCUT2D eigenvalue weighted by Gasteiger charge is -2.40. The van der Waals surface area contributed by atoms with Gasteiger partial charge in [0.15, 0.2) is 0 Å². The molecule has 0 heterocycles. The van der Waals surface area contributed by atoms with Gasteiger partial charge < -0.3 is 5.11 Å². The van der Waals surface area contributed by atoms with E-state index in [9.17, 15) is 13.5 Å². The van der Waals surface area contributed by atoms with E-state index in [-0.39, 0.29) is 11.5 Å². The van der Waals surface area contributed by atoms with Crippen molar-refractivity contribution in [2.24, 2.45) is 0 Å². The Morgan fingerprint density at radius 3 is 2.44 bits per heavy atom. The number of nitrogens with one attached hydrogen (secondary N) is 1. The van der Waals surface area contributed by atoms with Gasteiger partial charge in [0.2, 0.25) is 10.0 Å². The van der Waals surface area contributed by atoms with E-state index in [4.69, 9.17) is 0 Å². The average Bonchev–Trinajstić information content (AvgIpc) is 2.23. The predicted molar refractivity (Wildman–Crippen MR) is 75.8 cm³/mol. The van der Waals surface area contributed by atoms with Crippen molar-refractivity contribution in [3.63, 3.8) is 0 Å². The summed E-state index contributed by atoms with van der Waals surface area (Å²) in [6.45, 7) is -0.166. The Morgan fingerprint density at radius 2 is 2.00 bits per heavy atom. The van der Waals surface area contributed by atoms with Gasteiger partial charge in [-0.15, -0.1) is 0 Å². The lowest BCUT2D eigenvalue weighted by atomic mass is 9.78. The van der Waals surface area contributed by atoms with E-state index in [1.165, 1.54) is 6.07 Å². The third-order valence-electron chi connectivity index (χ3n) is 3.15. The summed E-state index contributed by atoms with van der Waals surface area (Å²) in [5, 5.41) is 9.31. The van der Waals surface area contributed by atoms with Crippen LogP contribution in [0.15, 0.2) is 32.0 Å². The molecule has 0 amide bonds. The van der Waals surface area contributed by atoms with Gasteiger partial charge in [-0.05, 0) is 53.4 Å². The topological polar surface area (TPSA) is 66.4 Å². The Hall–Kier alpha value is 0.0500. The van der Waals surface area contributed by atoms with Crippen molar-refractivity contribution >= 4 is 41.9 Å². The minimum absolute atomic E-state index is 0.166. The Kier molecular flexibility index (Phi) is 4.18. The van der Waals surface area contributed by atoms with E-state index in [1.807, 2.05) is 0 Å². The summed E-state index contributed by atoms with van der Waals surface area (Å²) in [7, 11) is -3.62. The maximum absolute atomic E-state index is 12.3. The molecule has 1 aliphatic carbocycles. The van der Waals surface area contributed by atoms with Gasteiger partial charge in [-0.25, -0.2) is 13.1 Å².